The standard InChI is InChI=1S/C15H18N2O3S2/c1-10-9-11(7-8-13(10)20-2)22(18,19)17-15-16-12-5-3-4-6-14(12)21-15/h7-9H,3-6H2,1-2H3,(H,16,17). The minimum absolute atomic E-state index is 0.221. The van der Waals surface area contributed by atoms with E-state index in [-0.39, 0.29) is 4.90 Å². The van der Waals surface area contributed by atoms with Crippen molar-refractivity contribution in [3.05, 3.63) is 34.3 Å². The molecular weight excluding hydrogens is 320 g/mol. The second-order valence-corrected chi connectivity index (χ2v) is 8.10. The van der Waals surface area contributed by atoms with Crippen LogP contribution >= 0.6 is 11.3 Å². The first kappa shape index (κ1) is 15.3. The van der Waals surface area contributed by atoms with E-state index in [1.807, 2.05) is 6.92 Å². The van der Waals surface area contributed by atoms with Crippen molar-refractivity contribution in [3.63, 3.8) is 0 Å². The van der Waals surface area contributed by atoms with Crippen molar-refractivity contribution < 1.29 is 13.2 Å². The normalized spacial score (nSPS) is 14.5. The summed E-state index contributed by atoms with van der Waals surface area (Å²) in [7, 11) is -2.05. The Kier molecular flexibility index (Phi) is 4.10. The summed E-state index contributed by atoms with van der Waals surface area (Å²) in [5.41, 5.74) is 1.82. The van der Waals surface area contributed by atoms with Gasteiger partial charge in [0.15, 0.2) is 5.13 Å². The number of thiazole rings is 1. The molecule has 0 fully saturated rings. The largest absolute Gasteiger partial charge is 0.496 e. The van der Waals surface area contributed by atoms with Gasteiger partial charge in [0.1, 0.15) is 5.75 Å². The number of sulfonamides is 1. The number of ether oxygens (including phenoxy) is 1. The lowest BCUT2D eigenvalue weighted by molar-refractivity contribution is 0.411. The highest BCUT2D eigenvalue weighted by Crippen LogP contribution is 2.31. The lowest BCUT2D eigenvalue weighted by atomic mass is 10.0. The maximum absolute atomic E-state index is 12.5. The fourth-order valence-corrected chi connectivity index (χ4v) is 4.96. The highest BCUT2D eigenvalue weighted by atomic mass is 32.2. The van der Waals surface area contributed by atoms with Gasteiger partial charge < -0.3 is 4.74 Å². The second-order valence-electron chi connectivity index (χ2n) is 5.33. The molecule has 1 aromatic heterocycles. The van der Waals surface area contributed by atoms with Crippen molar-refractivity contribution in [2.75, 3.05) is 11.8 Å². The van der Waals surface area contributed by atoms with Gasteiger partial charge in [-0.05, 0) is 56.4 Å². The minimum atomic E-state index is -3.62. The maximum atomic E-state index is 12.5. The van der Waals surface area contributed by atoms with Crippen LogP contribution in [-0.4, -0.2) is 20.5 Å². The molecule has 1 heterocycles. The van der Waals surface area contributed by atoms with Crippen LogP contribution in [0.25, 0.3) is 0 Å². The van der Waals surface area contributed by atoms with Gasteiger partial charge in [-0.15, -0.1) is 11.3 Å². The summed E-state index contributed by atoms with van der Waals surface area (Å²) in [4.78, 5) is 5.85. The molecule has 0 bridgehead atoms. The van der Waals surface area contributed by atoms with Crippen LogP contribution in [0.4, 0.5) is 5.13 Å². The Balaban J connectivity index is 1.87. The van der Waals surface area contributed by atoms with Crippen LogP contribution in [0.2, 0.25) is 0 Å². The molecule has 0 unspecified atom stereocenters. The summed E-state index contributed by atoms with van der Waals surface area (Å²) in [6.45, 7) is 1.82. The third-order valence-electron chi connectivity index (χ3n) is 3.74. The Hall–Kier alpha value is -1.60. The predicted octanol–water partition coefficient (Wildman–Crippen LogP) is 3.14. The van der Waals surface area contributed by atoms with Gasteiger partial charge in [0.2, 0.25) is 0 Å². The van der Waals surface area contributed by atoms with Gasteiger partial charge in [-0.1, -0.05) is 0 Å². The number of benzene rings is 1. The van der Waals surface area contributed by atoms with Gasteiger partial charge in [0.05, 0.1) is 17.7 Å². The predicted molar refractivity (Wildman–Crippen MR) is 87.3 cm³/mol. The SMILES string of the molecule is COc1ccc(S(=O)(=O)Nc2nc3c(s2)CCCC3)cc1C. The molecule has 22 heavy (non-hydrogen) atoms. The maximum Gasteiger partial charge on any atom is 0.263 e. The average Bonchev–Trinajstić information content (AvgIpc) is 2.88. The first-order valence-corrected chi connectivity index (χ1v) is 9.45. The summed E-state index contributed by atoms with van der Waals surface area (Å²) >= 11 is 1.44. The Morgan fingerprint density at radius 3 is 2.73 bits per heavy atom. The number of nitrogens with one attached hydrogen (secondary N) is 1. The molecule has 5 nitrogen and oxygen atoms in total. The quantitative estimate of drug-likeness (QED) is 0.930. The topological polar surface area (TPSA) is 68.3 Å². The van der Waals surface area contributed by atoms with Crippen molar-refractivity contribution in [3.8, 4) is 5.75 Å². The third-order valence-corrected chi connectivity index (χ3v) is 6.28. The van der Waals surface area contributed by atoms with Crippen molar-refractivity contribution >= 4 is 26.5 Å². The van der Waals surface area contributed by atoms with Crippen LogP contribution in [0.3, 0.4) is 0 Å². The molecule has 2 aromatic rings. The number of anilines is 1. The molecule has 0 amide bonds. The van der Waals surface area contributed by atoms with Crippen LogP contribution < -0.4 is 9.46 Å². The van der Waals surface area contributed by atoms with E-state index in [1.54, 1.807) is 25.3 Å². The van der Waals surface area contributed by atoms with E-state index in [2.05, 4.69) is 9.71 Å². The lowest BCUT2D eigenvalue weighted by Crippen LogP contribution is -2.13. The van der Waals surface area contributed by atoms with E-state index in [9.17, 15) is 8.42 Å². The number of nitrogens with zero attached hydrogens (tertiary/aromatic N) is 1. The third kappa shape index (κ3) is 2.96. The van der Waals surface area contributed by atoms with Crippen LogP contribution in [0.15, 0.2) is 23.1 Å². The van der Waals surface area contributed by atoms with Gasteiger partial charge in [-0.25, -0.2) is 13.4 Å². The fraction of sp³-hybridized carbons (Fsp3) is 0.400. The van der Waals surface area contributed by atoms with E-state index in [0.29, 0.717) is 10.9 Å². The Morgan fingerprint density at radius 2 is 2.05 bits per heavy atom. The van der Waals surface area contributed by atoms with E-state index in [1.165, 1.54) is 16.2 Å². The van der Waals surface area contributed by atoms with E-state index in [0.717, 1.165) is 36.9 Å². The number of fused-ring (bicyclic) bond motifs is 1. The molecule has 7 heteroatoms. The van der Waals surface area contributed by atoms with Crippen molar-refractivity contribution in [2.24, 2.45) is 0 Å². The number of hydrogen-bond acceptors (Lipinski definition) is 5. The molecule has 3 rings (SSSR count). The molecule has 1 aliphatic rings. The van der Waals surface area contributed by atoms with E-state index in [4.69, 9.17) is 4.74 Å². The highest BCUT2D eigenvalue weighted by molar-refractivity contribution is 7.93. The van der Waals surface area contributed by atoms with Crippen LogP contribution in [-0.2, 0) is 22.9 Å². The average molecular weight is 338 g/mol. The van der Waals surface area contributed by atoms with Crippen molar-refractivity contribution in [1.82, 2.24) is 4.98 Å². The van der Waals surface area contributed by atoms with Gasteiger partial charge in [-0.3, -0.25) is 4.72 Å². The highest BCUT2D eigenvalue weighted by Gasteiger charge is 2.20. The molecule has 0 atom stereocenters. The second kappa shape index (κ2) is 5.89. The molecule has 1 N–H and O–H groups in total. The molecule has 1 aliphatic carbocycles. The molecule has 0 saturated carbocycles. The molecule has 0 aliphatic heterocycles. The Labute approximate surface area is 134 Å². The zero-order valence-corrected chi connectivity index (χ0v) is 14.2. The van der Waals surface area contributed by atoms with Gasteiger partial charge in [0.25, 0.3) is 10.0 Å². The summed E-state index contributed by atoms with van der Waals surface area (Å²) in [6.07, 6.45) is 4.21. The first-order valence-electron chi connectivity index (χ1n) is 7.15. The number of aryl methyl sites for hydroxylation is 3. The van der Waals surface area contributed by atoms with Gasteiger partial charge >= 0.3 is 0 Å². The molecular formula is C15H18N2O3S2. The first-order chi connectivity index (χ1) is 10.5. The van der Waals surface area contributed by atoms with Crippen LogP contribution in [0, 0.1) is 6.92 Å². The molecule has 0 saturated heterocycles. The lowest BCUT2D eigenvalue weighted by Gasteiger charge is -2.08. The van der Waals surface area contributed by atoms with E-state index < -0.39 is 10.0 Å². The summed E-state index contributed by atoms with van der Waals surface area (Å²) in [6, 6.07) is 4.81. The van der Waals surface area contributed by atoms with Crippen molar-refractivity contribution in [1.29, 1.82) is 0 Å². The van der Waals surface area contributed by atoms with Gasteiger partial charge in [-0.2, -0.15) is 0 Å². The van der Waals surface area contributed by atoms with Gasteiger partial charge in [0, 0.05) is 4.88 Å². The van der Waals surface area contributed by atoms with E-state index >= 15 is 0 Å². The zero-order chi connectivity index (χ0) is 15.7. The molecule has 0 spiro atoms. The Morgan fingerprint density at radius 1 is 1.27 bits per heavy atom. The monoisotopic (exact) mass is 338 g/mol. The summed E-state index contributed by atoms with van der Waals surface area (Å²) in [5, 5.41) is 0.459. The smallest absolute Gasteiger partial charge is 0.263 e. The zero-order valence-electron chi connectivity index (χ0n) is 12.5. The molecule has 1 aromatic carbocycles. The summed E-state index contributed by atoms with van der Waals surface area (Å²) in [5.74, 6) is 0.670. The van der Waals surface area contributed by atoms with Crippen molar-refractivity contribution in [2.45, 2.75) is 37.5 Å². The van der Waals surface area contributed by atoms with Crippen LogP contribution in [0.1, 0.15) is 29.0 Å². The number of rotatable bonds is 4. The fourth-order valence-electron chi connectivity index (χ4n) is 2.59. The number of hydrogen-bond donors (Lipinski definition) is 1. The molecule has 118 valence electrons. The van der Waals surface area contributed by atoms with Crippen LogP contribution in [0.5, 0.6) is 5.75 Å². The number of methoxy groups -OCH3 is 1. The molecule has 0 radical (unpaired) electrons. The Bertz CT molecular complexity index is 774. The minimum Gasteiger partial charge on any atom is -0.496 e. The number of aromatic nitrogens is 1. The summed E-state index contributed by atoms with van der Waals surface area (Å²) < 4.78 is 32.7.